The van der Waals surface area contributed by atoms with E-state index in [1.54, 1.807) is 4.90 Å². The van der Waals surface area contributed by atoms with Gasteiger partial charge in [-0.2, -0.15) is 0 Å². The van der Waals surface area contributed by atoms with Gasteiger partial charge < -0.3 is 5.32 Å². The van der Waals surface area contributed by atoms with E-state index >= 15 is 0 Å². The van der Waals surface area contributed by atoms with E-state index < -0.39 is 0 Å². The van der Waals surface area contributed by atoms with Crippen molar-refractivity contribution in [1.82, 2.24) is 10.2 Å². The van der Waals surface area contributed by atoms with Crippen molar-refractivity contribution in [2.45, 2.75) is 76.0 Å². The first-order chi connectivity index (χ1) is 10.6. The van der Waals surface area contributed by atoms with Gasteiger partial charge in [-0.3, -0.25) is 14.5 Å². The second kappa shape index (κ2) is 8.87. The predicted octanol–water partition coefficient (Wildman–Crippen LogP) is 3.24. The fraction of sp³-hybridized carbons (Fsp3) is 0.812. The summed E-state index contributed by atoms with van der Waals surface area (Å²) in [5.41, 5.74) is 0. The minimum Gasteiger partial charge on any atom is -0.353 e. The molecule has 1 saturated heterocycles. The Labute approximate surface area is 142 Å². The number of thiocarbonyl (C=S) groups is 1. The molecule has 2 amide bonds. The Balaban J connectivity index is 1.56. The van der Waals surface area contributed by atoms with Crippen LogP contribution in [0.4, 0.5) is 0 Å². The maximum Gasteiger partial charge on any atom is 0.241 e. The lowest BCUT2D eigenvalue weighted by atomic mass is 10.1. The minimum atomic E-state index is 0.0182. The Hall–Kier alpha value is -0.620. The van der Waals surface area contributed by atoms with E-state index in [0.29, 0.717) is 19.0 Å². The summed E-state index contributed by atoms with van der Waals surface area (Å²) in [4.78, 5) is 25.6. The van der Waals surface area contributed by atoms with Crippen molar-refractivity contribution in [3.8, 4) is 0 Å². The van der Waals surface area contributed by atoms with E-state index in [1.165, 1.54) is 24.6 Å². The van der Waals surface area contributed by atoms with Gasteiger partial charge in [0.25, 0.3) is 0 Å². The Morgan fingerprint density at radius 3 is 2.68 bits per heavy atom. The molecule has 2 aliphatic rings. The number of hydrogen-bond acceptors (Lipinski definition) is 4. The Bertz CT molecular complexity index is 422. The average Bonchev–Trinajstić information content (AvgIpc) is 3.08. The monoisotopic (exact) mass is 342 g/mol. The summed E-state index contributed by atoms with van der Waals surface area (Å²) in [6.45, 7) is 2.72. The van der Waals surface area contributed by atoms with E-state index in [0.717, 1.165) is 42.8 Å². The maximum absolute atomic E-state index is 12.1. The molecule has 0 radical (unpaired) electrons. The molecule has 2 rings (SSSR count). The number of thioether (sulfide) groups is 1. The second-order valence-electron chi connectivity index (χ2n) is 6.13. The summed E-state index contributed by atoms with van der Waals surface area (Å²) in [6, 6.07) is 0.412. The Kier molecular flexibility index (Phi) is 7.15. The van der Waals surface area contributed by atoms with Gasteiger partial charge in [-0.05, 0) is 32.1 Å². The molecule has 1 N–H and O–H groups in total. The van der Waals surface area contributed by atoms with Crippen LogP contribution in [0.5, 0.6) is 0 Å². The highest BCUT2D eigenvalue weighted by Gasteiger charge is 2.34. The van der Waals surface area contributed by atoms with Gasteiger partial charge in [0, 0.05) is 19.0 Å². The summed E-state index contributed by atoms with van der Waals surface area (Å²) >= 11 is 6.78. The van der Waals surface area contributed by atoms with Crippen LogP contribution in [0, 0.1) is 0 Å². The van der Waals surface area contributed by atoms with Crippen LogP contribution in [0.25, 0.3) is 0 Å². The van der Waals surface area contributed by atoms with Crippen LogP contribution in [0.3, 0.4) is 0 Å². The third-order valence-electron chi connectivity index (χ3n) is 4.38. The van der Waals surface area contributed by atoms with E-state index in [1.807, 2.05) is 6.92 Å². The summed E-state index contributed by atoms with van der Waals surface area (Å²) in [7, 11) is 0. The van der Waals surface area contributed by atoms with Gasteiger partial charge in [0.2, 0.25) is 11.8 Å². The van der Waals surface area contributed by atoms with Crippen LogP contribution in [0.1, 0.15) is 64.7 Å². The fourth-order valence-corrected chi connectivity index (χ4v) is 4.54. The highest BCUT2D eigenvalue weighted by Crippen LogP contribution is 2.29. The fourth-order valence-electron chi connectivity index (χ4n) is 3.06. The van der Waals surface area contributed by atoms with Crippen molar-refractivity contribution in [3.63, 3.8) is 0 Å². The molecule has 0 aromatic carbocycles. The largest absolute Gasteiger partial charge is 0.353 e. The zero-order valence-corrected chi connectivity index (χ0v) is 14.9. The third-order valence-corrected chi connectivity index (χ3v) is 6.13. The molecule has 124 valence electrons. The first-order valence-corrected chi connectivity index (χ1v) is 9.72. The quantitative estimate of drug-likeness (QED) is 0.543. The van der Waals surface area contributed by atoms with Crippen molar-refractivity contribution >= 4 is 40.1 Å². The molecule has 0 spiro atoms. The van der Waals surface area contributed by atoms with E-state index in [-0.39, 0.29) is 17.1 Å². The molecule has 22 heavy (non-hydrogen) atoms. The van der Waals surface area contributed by atoms with Crippen molar-refractivity contribution in [3.05, 3.63) is 0 Å². The van der Waals surface area contributed by atoms with E-state index in [9.17, 15) is 9.59 Å². The van der Waals surface area contributed by atoms with Crippen LogP contribution in [0.15, 0.2) is 0 Å². The molecule has 1 unspecified atom stereocenters. The number of nitrogens with one attached hydrogen (secondary N) is 1. The van der Waals surface area contributed by atoms with Gasteiger partial charge in [0.15, 0.2) is 0 Å². The van der Waals surface area contributed by atoms with Crippen molar-refractivity contribution < 1.29 is 9.59 Å². The zero-order chi connectivity index (χ0) is 15.9. The minimum absolute atomic E-state index is 0.0182. The van der Waals surface area contributed by atoms with Crippen LogP contribution in [0.2, 0.25) is 0 Å². The Morgan fingerprint density at radius 1 is 1.32 bits per heavy atom. The lowest BCUT2D eigenvalue weighted by Crippen LogP contribution is -2.32. The maximum atomic E-state index is 12.1. The highest BCUT2D eigenvalue weighted by molar-refractivity contribution is 8.24. The smallest absolute Gasteiger partial charge is 0.241 e. The number of carbonyl (C=O) groups excluding carboxylic acids is 2. The predicted molar refractivity (Wildman–Crippen MR) is 94.8 cm³/mol. The first kappa shape index (κ1) is 17.7. The SMILES string of the molecule is CCC1SC(=S)N(CCCCCC(=O)NC2CCCC2)C1=O. The Morgan fingerprint density at radius 2 is 2.05 bits per heavy atom. The molecule has 0 aromatic heterocycles. The zero-order valence-electron chi connectivity index (χ0n) is 13.3. The number of nitrogens with zero attached hydrogens (tertiary/aromatic N) is 1. The van der Waals surface area contributed by atoms with Crippen LogP contribution >= 0.6 is 24.0 Å². The molecule has 1 atom stereocenters. The first-order valence-electron chi connectivity index (χ1n) is 8.43. The van der Waals surface area contributed by atoms with Gasteiger partial charge in [-0.15, -0.1) is 0 Å². The van der Waals surface area contributed by atoms with Gasteiger partial charge in [-0.25, -0.2) is 0 Å². The summed E-state index contributed by atoms with van der Waals surface area (Å²) in [6.07, 6.45) is 8.95. The number of unbranched alkanes of at least 4 members (excludes halogenated alkanes) is 2. The van der Waals surface area contributed by atoms with E-state index in [2.05, 4.69) is 5.32 Å². The number of hydrogen-bond donors (Lipinski definition) is 1. The number of carbonyl (C=O) groups is 2. The van der Waals surface area contributed by atoms with Gasteiger partial charge in [0.05, 0.1) is 5.25 Å². The van der Waals surface area contributed by atoms with Crippen LogP contribution < -0.4 is 5.32 Å². The van der Waals surface area contributed by atoms with E-state index in [4.69, 9.17) is 12.2 Å². The number of rotatable bonds is 8. The molecule has 0 aromatic rings. The molecule has 6 heteroatoms. The van der Waals surface area contributed by atoms with Crippen molar-refractivity contribution in [1.29, 1.82) is 0 Å². The average molecular weight is 343 g/mol. The molecule has 1 aliphatic carbocycles. The van der Waals surface area contributed by atoms with Crippen LogP contribution in [-0.4, -0.2) is 38.9 Å². The third kappa shape index (κ3) is 4.95. The van der Waals surface area contributed by atoms with Gasteiger partial charge >= 0.3 is 0 Å². The van der Waals surface area contributed by atoms with Gasteiger partial charge in [-0.1, -0.05) is 50.2 Å². The molecule has 1 saturated carbocycles. The lowest BCUT2D eigenvalue weighted by molar-refractivity contribution is -0.126. The molecule has 0 bridgehead atoms. The molecule has 1 aliphatic heterocycles. The van der Waals surface area contributed by atoms with Gasteiger partial charge in [0.1, 0.15) is 4.32 Å². The number of amides is 2. The van der Waals surface area contributed by atoms with Crippen LogP contribution in [-0.2, 0) is 9.59 Å². The second-order valence-corrected chi connectivity index (χ2v) is 7.97. The normalized spacial score (nSPS) is 22.6. The summed E-state index contributed by atoms with van der Waals surface area (Å²) in [5, 5.41) is 3.13. The van der Waals surface area contributed by atoms with Crippen molar-refractivity contribution in [2.24, 2.45) is 0 Å². The van der Waals surface area contributed by atoms with Crippen molar-refractivity contribution in [2.75, 3.05) is 6.54 Å². The standard InChI is InChI=1S/C16H26N2O2S2/c1-2-13-15(20)18(16(21)22-13)11-7-3-4-10-14(19)17-12-8-5-6-9-12/h12-13H,2-11H2,1H3,(H,17,19). The highest BCUT2D eigenvalue weighted by atomic mass is 32.2. The summed E-state index contributed by atoms with van der Waals surface area (Å²) in [5.74, 6) is 0.345. The topological polar surface area (TPSA) is 49.4 Å². The molecule has 1 heterocycles. The summed E-state index contributed by atoms with van der Waals surface area (Å²) < 4.78 is 0.718. The molecule has 4 nitrogen and oxygen atoms in total. The molecular weight excluding hydrogens is 316 g/mol. The molecule has 2 fully saturated rings. The molecular formula is C16H26N2O2S2. The lowest BCUT2D eigenvalue weighted by Gasteiger charge is -2.15.